The molecule has 17 heavy (non-hydrogen) atoms. The summed E-state index contributed by atoms with van der Waals surface area (Å²) in [5, 5.41) is 0. The van der Waals surface area contributed by atoms with Gasteiger partial charge in [0.25, 0.3) is 0 Å². The van der Waals surface area contributed by atoms with Crippen LogP contribution in [-0.2, 0) is 6.54 Å². The topological polar surface area (TPSA) is 29.3 Å². The molecule has 0 amide bonds. The fourth-order valence-corrected chi connectivity index (χ4v) is 2.71. The maximum atomic E-state index is 13.0. The lowest BCUT2D eigenvalue weighted by Crippen LogP contribution is -2.68. The molecule has 2 fully saturated rings. The van der Waals surface area contributed by atoms with Gasteiger partial charge in [0.05, 0.1) is 0 Å². The molecular weight excluding hydrogens is 222 g/mol. The highest BCUT2D eigenvalue weighted by molar-refractivity contribution is 5.19. The minimum atomic E-state index is -0.788. The van der Waals surface area contributed by atoms with Crippen LogP contribution in [0, 0.1) is 17.6 Å². The predicted octanol–water partition coefficient (Wildman–Crippen LogP) is 1.89. The van der Waals surface area contributed by atoms with Gasteiger partial charge in [0.1, 0.15) is 0 Å². The number of nitrogens with two attached hydrogens (primary N) is 1. The monoisotopic (exact) mass is 238 g/mol. The van der Waals surface area contributed by atoms with Crippen molar-refractivity contribution in [3.63, 3.8) is 0 Å². The van der Waals surface area contributed by atoms with Gasteiger partial charge in [0, 0.05) is 25.2 Å². The summed E-state index contributed by atoms with van der Waals surface area (Å²) < 4.78 is 25.8. The molecule has 2 nitrogen and oxygen atoms in total. The minimum absolute atomic E-state index is 0.0153. The quantitative estimate of drug-likeness (QED) is 0.871. The highest BCUT2D eigenvalue weighted by Crippen LogP contribution is 2.43. The number of likely N-dealkylation sites (tertiary alicyclic amines) is 1. The summed E-state index contributed by atoms with van der Waals surface area (Å²) in [7, 11) is 0. The Hall–Kier alpha value is -1.00. The van der Waals surface area contributed by atoms with Crippen LogP contribution in [0.5, 0.6) is 0 Å². The zero-order valence-corrected chi connectivity index (χ0v) is 9.63. The van der Waals surface area contributed by atoms with Crippen molar-refractivity contribution >= 4 is 0 Å². The first-order chi connectivity index (χ1) is 8.07. The first kappa shape index (κ1) is 11.1. The zero-order valence-electron chi connectivity index (χ0n) is 9.63. The van der Waals surface area contributed by atoms with E-state index in [1.54, 1.807) is 6.07 Å². The summed E-state index contributed by atoms with van der Waals surface area (Å²) in [5.74, 6) is -0.878. The molecule has 1 heterocycles. The van der Waals surface area contributed by atoms with Gasteiger partial charge in [0.2, 0.25) is 0 Å². The molecule has 1 aromatic rings. The van der Waals surface area contributed by atoms with Crippen LogP contribution < -0.4 is 5.73 Å². The average molecular weight is 238 g/mol. The molecule has 0 unspecified atom stereocenters. The Morgan fingerprint density at radius 1 is 1.24 bits per heavy atom. The van der Waals surface area contributed by atoms with Gasteiger partial charge in [-0.1, -0.05) is 6.07 Å². The van der Waals surface area contributed by atoms with Gasteiger partial charge in [-0.15, -0.1) is 0 Å². The van der Waals surface area contributed by atoms with Crippen LogP contribution in [0.25, 0.3) is 0 Å². The van der Waals surface area contributed by atoms with E-state index in [2.05, 4.69) is 4.90 Å². The second-order valence-electron chi connectivity index (χ2n) is 5.40. The first-order valence-electron chi connectivity index (χ1n) is 6.02. The summed E-state index contributed by atoms with van der Waals surface area (Å²) >= 11 is 0. The summed E-state index contributed by atoms with van der Waals surface area (Å²) in [6, 6.07) is 4.08. The Morgan fingerprint density at radius 2 is 1.94 bits per heavy atom. The van der Waals surface area contributed by atoms with Gasteiger partial charge < -0.3 is 5.73 Å². The lowest BCUT2D eigenvalue weighted by atomic mass is 9.85. The van der Waals surface area contributed by atoms with Gasteiger partial charge in [-0.3, -0.25) is 4.90 Å². The molecule has 92 valence electrons. The van der Waals surface area contributed by atoms with Crippen molar-refractivity contribution in [1.82, 2.24) is 4.90 Å². The van der Waals surface area contributed by atoms with Crippen molar-refractivity contribution < 1.29 is 8.78 Å². The van der Waals surface area contributed by atoms with Crippen LogP contribution in [0.4, 0.5) is 8.78 Å². The van der Waals surface area contributed by atoms with Gasteiger partial charge in [-0.25, -0.2) is 8.78 Å². The smallest absolute Gasteiger partial charge is 0.159 e. The Bertz CT molecular complexity index is 437. The van der Waals surface area contributed by atoms with E-state index >= 15 is 0 Å². The Morgan fingerprint density at radius 3 is 2.53 bits per heavy atom. The van der Waals surface area contributed by atoms with E-state index in [1.807, 2.05) is 0 Å². The highest BCUT2D eigenvalue weighted by atomic mass is 19.2. The van der Waals surface area contributed by atoms with Crippen LogP contribution in [0.3, 0.4) is 0 Å². The molecule has 0 aromatic heterocycles. The van der Waals surface area contributed by atoms with E-state index in [1.165, 1.54) is 25.0 Å². The zero-order chi connectivity index (χ0) is 12.0. The van der Waals surface area contributed by atoms with E-state index in [-0.39, 0.29) is 5.54 Å². The minimum Gasteiger partial charge on any atom is -0.323 e. The third kappa shape index (κ3) is 2.07. The van der Waals surface area contributed by atoms with Crippen molar-refractivity contribution in [2.45, 2.75) is 24.9 Å². The Kier molecular flexibility index (Phi) is 2.45. The molecule has 2 N–H and O–H groups in total. The molecule has 0 radical (unpaired) electrons. The fraction of sp³-hybridized carbons (Fsp3) is 0.538. The molecule has 4 heteroatoms. The van der Waals surface area contributed by atoms with Gasteiger partial charge in [-0.05, 0) is 36.5 Å². The van der Waals surface area contributed by atoms with Crippen LogP contribution in [0.15, 0.2) is 18.2 Å². The standard InChI is InChI=1S/C13H16F2N2/c14-11-4-1-9(5-12(11)15)6-17-7-13(16,8-17)10-2-3-10/h1,4-5,10H,2-3,6-8,16H2. The number of hydrogen-bond donors (Lipinski definition) is 1. The van der Waals surface area contributed by atoms with Crippen molar-refractivity contribution in [2.75, 3.05) is 13.1 Å². The lowest BCUT2D eigenvalue weighted by molar-refractivity contribution is 0.0477. The number of halogens is 2. The summed E-state index contributed by atoms with van der Waals surface area (Å²) in [5.41, 5.74) is 7.02. The van der Waals surface area contributed by atoms with Gasteiger partial charge in [0.15, 0.2) is 11.6 Å². The highest BCUT2D eigenvalue weighted by Gasteiger charge is 2.49. The van der Waals surface area contributed by atoms with E-state index in [9.17, 15) is 8.78 Å². The third-order valence-electron chi connectivity index (χ3n) is 3.82. The van der Waals surface area contributed by atoms with Crippen molar-refractivity contribution in [2.24, 2.45) is 11.7 Å². The first-order valence-corrected chi connectivity index (χ1v) is 6.02. The lowest BCUT2D eigenvalue weighted by Gasteiger charge is -2.48. The summed E-state index contributed by atoms with van der Waals surface area (Å²) in [4.78, 5) is 2.19. The second kappa shape index (κ2) is 3.75. The van der Waals surface area contributed by atoms with Gasteiger partial charge >= 0.3 is 0 Å². The second-order valence-corrected chi connectivity index (χ2v) is 5.40. The van der Waals surface area contributed by atoms with Crippen molar-refractivity contribution in [1.29, 1.82) is 0 Å². The summed E-state index contributed by atoms with van der Waals surface area (Å²) in [6.07, 6.45) is 2.49. The van der Waals surface area contributed by atoms with E-state index in [4.69, 9.17) is 5.73 Å². The molecule has 0 atom stereocenters. The largest absolute Gasteiger partial charge is 0.323 e. The Balaban J connectivity index is 1.59. The maximum absolute atomic E-state index is 13.0. The molecule has 1 aliphatic heterocycles. The van der Waals surface area contributed by atoms with Crippen molar-refractivity contribution in [3.05, 3.63) is 35.4 Å². The summed E-state index contributed by atoms with van der Waals surface area (Å²) in [6.45, 7) is 2.40. The Labute approximate surface area is 99.4 Å². The average Bonchev–Trinajstić information content (AvgIpc) is 3.04. The SMILES string of the molecule is NC1(C2CC2)CN(Cc2ccc(F)c(F)c2)C1. The molecule has 1 aliphatic carbocycles. The molecule has 0 bridgehead atoms. The maximum Gasteiger partial charge on any atom is 0.159 e. The molecular formula is C13H16F2N2. The van der Waals surface area contributed by atoms with Crippen LogP contribution >= 0.6 is 0 Å². The molecule has 0 spiro atoms. The van der Waals surface area contributed by atoms with E-state index in [0.717, 1.165) is 18.7 Å². The molecule has 1 aromatic carbocycles. The van der Waals surface area contributed by atoms with Crippen LogP contribution in [0.1, 0.15) is 18.4 Å². The number of nitrogens with zero attached hydrogens (tertiary/aromatic N) is 1. The normalized spacial score (nSPS) is 23.5. The van der Waals surface area contributed by atoms with Crippen LogP contribution in [0.2, 0.25) is 0 Å². The molecule has 2 aliphatic rings. The predicted molar refractivity (Wildman–Crippen MR) is 61.3 cm³/mol. The molecule has 1 saturated heterocycles. The van der Waals surface area contributed by atoms with Crippen molar-refractivity contribution in [3.8, 4) is 0 Å². The number of rotatable bonds is 3. The van der Waals surface area contributed by atoms with E-state index in [0.29, 0.717) is 12.5 Å². The third-order valence-corrected chi connectivity index (χ3v) is 3.82. The van der Waals surface area contributed by atoms with Crippen LogP contribution in [-0.4, -0.2) is 23.5 Å². The molecule has 3 rings (SSSR count). The van der Waals surface area contributed by atoms with E-state index < -0.39 is 11.6 Å². The number of hydrogen-bond acceptors (Lipinski definition) is 2. The van der Waals surface area contributed by atoms with Gasteiger partial charge in [-0.2, -0.15) is 0 Å². The molecule has 1 saturated carbocycles. The fourth-order valence-electron chi connectivity index (χ4n) is 2.71. The number of benzene rings is 1.